The number of rotatable bonds is 2. The topological polar surface area (TPSA) is 62.7 Å². The maximum Gasteiger partial charge on any atom is 0.418 e. The zero-order valence-corrected chi connectivity index (χ0v) is 8.22. The van der Waals surface area contributed by atoms with Gasteiger partial charge in [-0.05, 0) is 0 Å². The second kappa shape index (κ2) is 4.53. The predicted molar refractivity (Wildman–Crippen MR) is 47.9 cm³/mol. The first-order valence-electron chi connectivity index (χ1n) is 4.28. The fourth-order valence-electron chi connectivity index (χ4n) is 1.33. The molecule has 3 nitrogen and oxygen atoms in total. The van der Waals surface area contributed by atoms with Gasteiger partial charge in [-0.1, -0.05) is 0 Å². The highest BCUT2D eigenvalue weighted by Gasteiger charge is 2.40. The lowest BCUT2D eigenvalue weighted by Crippen LogP contribution is -2.16. The van der Waals surface area contributed by atoms with E-state index in [1.807, 2.05) is 0 Å². The molecule has 0 saturated carbocycles. The molecule has 8 heteroatoms. The van der Waals surface area contributed by atoms with E-state index in [1.165, 1.54) is 6.07 Å². The average Bonchev–Trinajstić information content (AvgIpc) is 2.18. The summed E-state index contributed by atoms with van der Waals surface area (Å²) in [4.78, 5) is 2.98. The number of nitrogen functional groups attached to an aromatic ring is 1. The van der Waals surface area contributed by atoms with Crippen molar-refractivity contribution in [2.45, 2.75) is 19.0 Å². The van der Waals surface area contributed by atoms with E-state index in [0.717, 1.165) is 0 Å². The number of hydrogen-bond donors (Lipinski definition) is 1. The van der Waals surface area contributed by atoms with E-state index in [1.54, 1.807) is 0 Å². The molecular weight excluding hydrogens is 245 g/mol. The third kappa shape index (κ3) is 2.61. The highest BCUT2D eigenvalue weighted by atomic mass is 19.4. The Kier molecular flexibility index (Phi) is 3.50. The van der Waals surface area contributed by atoms with Gasteiger partial charge in [-0.15, -0.1) is 0 Å². The van der Waals surface area contributed by atoms with E-state index in [2.05, 4.69) is 4.98 Å². The Morgan fingerprint density at radius 1 is 1.41 bits per heavy atom. The van der Waals surface area contributed by atoms with Crippen molar-refractivity contribution in [3.63, 3.8) is 0 Å². The summed E-state index contributed by atoms with van der Waals surface area (Å²) in [6.07, 6.45) is -8.42. The largest absolute Gasteiger partial charge is 0.418 e. The summed E-state index contributed by atoms with van der Waals surface area (Å²) in [5.41, 5.74) is 1.10. The molecule has 0 aliphatic carbocycles. The van der Waals surface area contributed by atoms with Crippen molar-refractivity contribution in [2.24, 2.45) is 0 Å². The Balaban J connectivity index is 3.57. The molecule has 1 rings (SSSR count). The van der Waals surface area contributed by atoms with Crippen LogP contribution in [0.2, 0.25) is 0 Å². The molecule has 0 fully saturated rings. The fraction of sp³-hybridized carbons (Fsp3) is 0.333. The van der Waals surface area contributed by atoms with Crippen molar-refractivity contribution in [3.05, 3.63) is 23.0 Å². The maximum atomic E-state index is 12.6. The lowest BCUT2D eigenvalue weighted by atomic mass is 10.0. The van der Waals surface area contributed by atoms with Crippen LogP contribution in [0.1, 0.15) is 23.2 Å². The normalized spacial score (nSPS) is 11.6. The molecule has 0 atom stereocenters. The van der Waals surface area contributed by atoms with Crippen molar-refractivity contribution in [1.29, 1.82) is 5.26 Å². The van der Waals surface area contributed by atoms with Crippen LogP contribution in [-0.4, -0.2) is 4.98 Å². The van der Waals surface area contributed by atoms with E-state index < -0.39 is 41.5 Å². The van der Waals surface area contributed by atoms with Gasteiger partial charge in [0.1, 0.15) is 5.69 Å². The van der Waals surface area contributed by atoms with Crippen molar-refractivity contribution in [2.75, 3.05) is 5.73 Å². The lowest BCUT2D eigenvalue weighted by Gasteiger charge is -2.16. The zero-order chi connectivity index (χ0) is 13.2. The molecule has 0 aliphatic heterocycles. The van der Waals surface area contributed by atoms with Crippen LogP contribution >= 0.6 is 0 Å². The van der Waals surface area contributed by atoms with E-state index in [0.29, 0.717) is 6.20 Å². The van der Waals surface area contributed by atoms with Gasteiger partial charge >= 0.3 is 6.18 Å². The van der Waals surface area contributed by atoms with Gasteiger partial charge in [0.05, 0.1) is 29.9 Å². The van der Waals surface area contributed by atoms with Gasteiger partial charge in [0.25, 0.3) is 6.43 Å². The summed E-state index contributed by atoms with van der Waals surface area (Å²) in [5.74, 6) is 0. The van der Waals surface area contributed by atoms with Crippen LogP contribution < -0.4 is 5.73 Å². The molecule has 0 radical (unpaired) electrons. The molecular formula is C9H6F5N3. The first kappa shape index (κ1) is 13.2. The highest BCUT2D eigenvalue weighted by Crippen LogP contribution is 2.39. The number of aromatic nitrogens is 1. The van der Waals surface area contributed by atoms with E-state index >= 15 is 0 Å². The SMILES string of the molecule is N#CCc1c(N)cnc(C(F)F)c1C(F)(F)F. The second-order valence-electron chi connectivity index (χ2n) is 3.09. The van der Waals surface area contributed by atoms with Crippen LogP contribution in [0.5, 0.6) is 0 Å². The Morgan fingerprint density at radius 2 is 2.00 bits per heavy atom. The molecule has 92 valence electrons. The van der Waals surface area contributed by atoms with Crippen LogP contribution in [0.3, 0.4) is 0 Å². The smallest absolute Gasteiger partial charge is 0.397 e. The third-order valence-corrected chi connectivity index (χ3v) is 2.00. The van der Waals surface area contributed by atoms with Crippen LogP contribution in [0, 0.1) is 11.3 Å². The second-order valence-corrected chi connectivity index (χ2v) is 3.09. The number of hydrogen-bond acceptors (Lipinski definition) is 3. The maximum absolute atomic E-state index is 12.6. The minimum Gasteiger partial charge on any atom is -0.397 e. The molecule has 0 aliphatic rings. The standard InChI is InChI=1S/C9H6F5N3/c10-8(11)7-6(9(12,13)14)4(1-2-15)5(16)3-17-7/h3,8H,1,16H2. The molecule has 1 heterocycles. The monoisotopic (exact) mass is 251 g/mol. The number of nitrogens with zero attached hydrogens (tertiary/aromatic N) is 2. The molecule has 2 N–H and O–H groups in total. The van der Waals surface area contributed by atoms with Gasteiger partial charge < -0.3 is 5.73 Å². The van der Waals surface area contributed by atoms with Gasteiger partial charge in [0.15, 0.2) is 0 Å². The Morgan fingerprint density at radius 3 is 2.41 bits per heavy atom. The van der Waals surface area contributed by atoms with Gasteiger partial charge in [-0.3, -0.25) is 4.98 Å². The summed E-state index contributed by atoms with van der Waals surface area (Å²) in [5, 5.41) is 8.38. The molecule has 0 saturated heterocycles. The first-order valence-corrected chi connectivity index (χ1v) is 4.28. The van der Waals surface area contributed by atoms with Gasteiger partial charge in [-0.2, -0.15) is 18.4 Å². The number of anilines is 1. The number of alkyl halides is 5. The van der Waals surface area contributed by atoms with Crippen LogP contribution in [0.15, 0.2) is 6.20 Å². The number of halogens is 5. The average molecular weight is 251 g/mol. The van der Waals surface area contributed by atoms with Crippen molar-refractivity contribution < 1.29 is 22.0 Å². The molecule has 0 unspecified atom stereocenters. The fourth-order valence-corrected chi connectivity index (χ4v) is 1.33. The Bertz CT molecular complexity index is 461. The zero-order valence-electron chi connectivity index (χ0n) is 8.22. The van der Waals surface area contributed by atoms with Gasteiger partial charge in [-0.25, -0.2) is 8.78 Å². The van der Waals surface area contributed by atoms with Crippen molar-refractivity contribution in [1.82, 2.24) is 4.98 Å². The van der Waals surface area contributed by atoms with Gasteiger partial charge in [0.2, 0.25) is 0 Å². The minimum atomic E-state index is -5.03. The lowest BCUT2D eigenvalue weighted by molar-refractivity contribution is -0.140. The Labute approximate surface area is 92.7 Å². The molecule has 0 amide bonds. The van der Waals surface area contributed by atoms with Crippen LogP contribution in [0.4, 0.5) is 27.6 Å². The molecule has 0 bridgehead atoms. The van der Waals surface area contributed by atoms with Crippen molar-refractivity contribution in [3.8, 4) is 6.07 Å². The summed E-state index contributed by atoms with van der Waals surface area (Å²) < 4.78 is 62.8. The van der Waals surface area contributed by atoms with Gasteiger partial charge in [0, 0.05) is 5.56 Å². The number of pyridine rings is 1. The summed E-state index contributed by atoms with van der Waals surface area (Å²) in [6.45, 7) is 0. The highest BCUT2D eigenvalue weighted by molar-refractivity contribution is 5.53. The van der Waals surface area contributed by atoms with Crippen molar-refractivity contribution >= 4 is 5.69 Å². The quantitative estimate of drug-likeness (QED) is 0.822. The van der Waals surface area contributed by atoms with Crippen LogP contribution in [-0.2, 0) is 12.6 Å². The number of nitrogens with two attached hydrogens (primary N) is 1. The molecule has 17 heavy (non-hydrogen) atoms. The number of nitriles is 1. The predicted octanol–water partition coefficient (Wildman–Crippen LogP) is 2.69. The van der Waals surface area contributed by atoms with E-state index in [4.69, 9.17) is 11.0 Å². The van der Waals surface area contributed by atoms with Crippen LogP contribution in [0.25, 0.3) is 0 Å². The summed E-state index contributed by atoms with van der Waals surface area (Å²) in [6, 6.07) is 1.45. The molecule has 0 aromatic carbocycles. The first-order chi connectivity index (χ1) is 7.79. The molecule has 1 aromatic heterocycles. The summed E-state index contributed by atoms with van der Waals surface area (Å²) >= 11 is 0. The Hall–Kier alpha value is -1.91. The molecule has 1 aromatic rings. The van der Waals surface area contributed by atoms with E-state index in [9.17, 15) is 22.0 Å². The third-order valence-electron chi connectivity index (χ3n) is 2.00. The van der Waals surface area contributed by atoms with E-state index in [-0.39, 0.29) is 0 Å². The molecule has 0 spiro atoms. The summed E-state index contributed by atoms with van der Waals surface area (Å²) in [7, 11) is 0. The minimum absolute atomic E-state index is 0.428.